The Kier molecular flexibility index (Phi) is 4.03. The number of anilines is 1. The summed E-state index contributed by atoms with van der Waals surface area (Å²) < 4.78 is 10.4. The molecule has 2 aromatic heterocycles. The molecule has 0 unspecified atom stereocenters. The largest absolute Gasteiger partial charge is 0.379 e. The minimum absolute atomic E-state index is 0.123. The average Bonchev–Trinajstić information content (AvgIpc) is 3.22. The molecule has 0 atom stereocenters. The Balaban J connectivity index is 1.49. The van der Waals surface area contributed by atoms with Crippen LogP contribution in [0.15, 0.2) is 34.9 Å². The van der Waals surface area contributed by atoms with Gasteiger partial charge in [-0.25, -0.2) is 0 Å². The second kappa shape index (κ2) is 6.21. The van der Waals surface area contributed by atoms with Gasteiger partial charge in [-0.3, -0.25) is 10.1 Å². The maximum absolute atomic E-state index is 12.3. The number of aromatic nitrogens is 3. The smallest absolute Gasteiger partial charge is 0.296 e. The molecule has 1 fully saturated rings. The average molecular weight is 377 g/mol. The van der Waals surface area contributed by atoms with E-state index in [1.807, 2.05) is 25.1 Å². The molecule has 1 amide bonds. The summed E-state index contributed by atoms with van der Waals surface area (Å²) in [7, 11) is 0. The highest BCUT2D eigenvalue weighted by Crippen LogP contribution is 2.33. The molecule has 1 aromatic carbocycles. The molecule has 9 heteroatoms. The van der Waals surface area contributed by atoms with Gasteiger partial charge in [0.05, 0.1) is 29.3 Å². The van der Waals surface area contributed by atoms with E-state index in [4.69, 9.17) is 20.9 Å². The number of hydrogen-bond acceptors (Lipinski definition) is 7. The Bertz CT molecular complexity index is 935. The molecule has 0 spiro atoms. The van der Waals surface area contributed by atoms with E-state index in [1.54, 1.807) is 12.1 Å². The van der Waals surface area contributed by atoms with Gasteiger partial charge >= 0.3 is 0 Å². The van der Waals surface area contributed by atoms with Crippen molar-refractivity contribution in [1.29, 1.82) is 0 Å². The predicted octanol–water partition coefficient (Wildman–Crippen LogP) is 3.39. The third-order valence-corrected chi connectivity index (χ3v) is 5.14. The van der Waals surface area contributed by atoms with Gasteiger partial charge in [-0.1, -0.05) is 46.3 Å². The van der Waals surface area contributed by atoms with Crippen molar-refractivity contribution in [2.24, 2.45) is 0 Å². The van der Waals surface area contributed by atoms with E-state index in [0.717, 1.165) is 5.56 Å². The Morgan fingerprint density at radius 3 is 2.84 bits per heavy atom. The molecule has 1 saturated heterocycles. The molecule has 128 valence electrons. The zero-order chi connectivity index (χ0) is 17.4. The molecule has 1 N–H and O–H groups in total. The number of benzene rings is 1. The lowest BCUT2D eigenvalue weighted by atomic mass is 9.85. The van der Waals surface area contributed by atoms with Gasteiger partial charge in [-0.15, -0.1) is 10.2 Å². The topological polar surface area (TPSA) is 90.1 Å². The molecule has 25 heavy (non-hydrogen) atoms. The number of amides is 1. The lowest BCUT2D eigenvalue weighted by Crippen LogP contribution is -2.44. The Morgan fingerprint density at radius 1 is 1.32 bits per heavy atom. The van der Waals surface area contributed by atoms with Gasteiger partial charge < -0.3 is 9.26 Å². The number of carbonyl (C=O) groups is 1. The number of halogens is 1. The molecule has 1 aliphatic heterocycles. The van der Waals surface area contributed by atoms with Gasteiger partial charge in [-0.2, -0.15) is 0 Å². The first-order valence-corrected chi connectivity index (χ1v) is 8.69. The quantitative estimate of drug-likeness (QED) is 0.750. The van der Waals surface area contributed by atoms with Gasteiger partial charge in [0.25, 0.3) is 5.91 Å². The second-order valence-electron chi connectivity index (χ2n) is 5.98. The van der Waals surface area contributed by atoms with E-state index in [2.05, 4.69) is 20.7 Å². The normalized spacial score (nSPS) is 15.6. The van der Waals surface area contributed by atoms with Crippen LogP contribution in [0.4, 0.5) is 5.13 Å². The maximum atomic E-state index is 12.3. The molecule has 0 aliphatic carbocycles. The molecule has 3 aromatic rings. The summed E-state index contributed by atoms with van der Waals surface area (Å²) in [5.41, 5.74) is 1.28. The standard InChI is InChI=1S/C16H13ClN4O3S/c1-16(7-23-8-16)12-6-11(24-21-12)13(22)18-15-20-19-14(25-15)9-4-2-3-5-10(9)17/h2-6H,7-8H2,1H3,(H,18,20,22). The lowest BCUT2D eigenvalue weighted by molar-refractivity contribution is -0.0532. The Morgan fingerprint density at radius 2 is 2.12 bits per heavy atom. The minimum Gasteiger partial charge on any atom is -0.379 e. The van der Waals surface area contributed by atoms with Crippen molar-refractivity contribution < 1.29 is 14.1 Å². The summed E-state index contributed by atoms with van der Waals surface area (Å²) in [6, 6.07) is 8.95. The molecule has 4 rings (SSSR count). The number of nitrogens with zero attached hydrogens (tertiary/aromatic N) is 3. The third-order valence-electron chi connectivity index (χ3n) is 3.94. The number of rotatable bonds is 4. The van der Waals surface area contributed by atoms with E-state index >= 15 is 0 Å². The molecule has 7 nitrogen and oxygen atoms in total. The van der Waals surface area contributed by atoms with Crippen LogP contribution in [0.2, 0.25) is 5.02 Å². The van der Waals surface area contributed by atoms with E-state index in [-0.39, 0.29) is 11.2 Å². The van der Waals surface area contributed by atoms with Crippen molar-refractivity contribution in [2.75, 3.05) is 18.5 Å². The highest BCUT2D eigenvalue weighted by Gasteiger charge is 2.38. The monoisotopic (exact) mass is 376 g/mol. The number of hydrogen-bond donors (Lipinski definition) is 1. The molecule has 3 heterocycles. The van der Waals surface area contributed by atoms with Crippen LogP contribution < -0.4 is 5.32 Å². The van der Waals surface area contributed by atoms with Crippen LogP contribution in [0.25, 0.3) is 10.6 Å². The Labute approximate surface area is 152 Å². The summed E-state index contributed by atoms with van der Waals surface area (Å²) in [4.78, 5) is 12.3. The number of ether oxygens (including phenoxy) is 1. The highest BCUT2D eigenvalue weighted by atomic mass is 35.5. The van der Waals surface area contributed by atoms with Crippen LogP contribution in [-0.4, -0.2) is 34.5 Å². The fourth-order valence-electron chi connectivity index (χ4n) is 2.40. The predicted molar refractivity (Wildman–Crippen MR) is 93.0 cm³/mol. The van der Waals surface area contributed by atoms with Gasteiger partial charge in [0, 0.05) is 11.6 Å². The molecule has 1 aliphatic rings. The number of carbonyl (C=O) groups excluding carboxylic acids is 1. The zero-order valence-corrected chi connectivity index (χ0v) is 14.7. The molecule has 0 saturated carbocycles. The SMILES string of the molecule is CC1(c2cc(C(=O)Nc3nnc(-c4ccccc4Cl)s3)on2)COC1. The van der Waals surface area contributed by atoms with Crippen molar-refractivity contribution in [1.82, 2.24) is 15.4 Å². The summed E-state index contributed by atoms with van der Waals surface area (Å²) in [5.74, 6) is -0.304. The van der Waals surface area contributed by atoms with Crippen LogP contribution in [0.5, 0.6) is 0 Å². The highest BCUT2D eigenvalue weighted by molar-refractivity contribution is 7.18. The van der Waals surface area contributed by atoms with Crippen molar-refractivity contribution in [2.45, 2.75) is 12.3 Å². The van der Waals surface area contributed by atoms with Crippen LogP contribution in [0.3, 0.4) is 0 Å². The fourth-order valence-corrected chi connectivity index (χ4v) is 3.46. The number of nitrogens with one attached hydrogen (secondary N) is 1. The van der Waals surface area contributed by atoms with E-state index in [1.165, 1.54) is 11.3 Å². The van der Waals surface area contributed by atoms with Gasteiger partial charge in [-0.05, 0) is 13.0 Å². The summed E-state index contributed by atoms with van der Waals surface area (Å²) >= 11 is 7.38. The van der Waals surface area contributed by atoms with Crippen molar-refractivity contribution in [3.63, 3.8) is 0 Å². The van der Waals surface area contributed by atoms with Crippen molar-refractivity contribution in [3.05, 3.63) is 46.8 Å². The van der Waals surface area contributed by atoms with Crippen LogP contribution in [0, 0.1) is 0 Å². The van der Waals surface area contributed by atoms with E-state index in [9.17, 15) is 4.79 Å². The van der Waals surface area contributed by atoms with E-state index in [0.29, 0.717) is 34.1 Å². The van der Waals surface area contributed by atoms with Gasteiger partial charge in [0.2, 0.25) is 10.9 Å². The third kappa shape index (κ3) is 3.04. The Hall–Kier alpha value is -2.29. The molecule has 0 radical (unpaired) electrons. The lowest BCUT2D eigenvalue weighted by Gasteiger charge is -2.35. The first kappa shape index (κ1) is 16.2. The first-order chi connectivity index (χ1) is 12.0. The molecule has 0 bridgehead atoms. The van der Waals surface area contributed by atoms with Gasteiger partial charge in [0.15, 0.2) is 5.01 Å². The first-order valence-electron chi connectivity index (χ1n) is 7.50. The summed E-state index contributed by atoms with van der Waals surface area (Å²) in [6.07, 6.45) is 0. The minimum atomic E-state index is -0.426. The maximum Gasteiger partial charge on any atom is 0.296 e. The molecular weight excluding hydrogens is 364 g/mol. The van der Waals surface area contributed by atoms with Crippen LogP contribution >= 0.6 is 22.9 Å². The molecular formula is C16H13ClN4O3S. The summed E-state index contributed by atoms with van der Waals surface area (Å²) in [5, 5.41) is 16.2. The van der Waals surface area contributed by atoms with Crippen molar-refractivity contribution in [3.8, 4) is 10.6 Å². The van der Waals surface area contributed by atoms with Crippen LogP contribution in [0.1, 0.15) is 23.2 Å². The van der Waals surface area contributed by atoms with Crippen LogP contribution in [-0.2, 0) is 10.2 Å². The summed E-state index contributed by atoms with van der Waals surface area (Å²) in [6.45, 7) is 3.15. The fraction of sp³-hybridized carbons (Fsp3) is 0.250. The second-order valence-corrected chi connectivity index (χ2v) is 7.36. The van der Waals surface area contributed by atoms with Gasteiger partial charge in [0.1, 0.15) is 0 Å². The zero-order valence-electron chi connectivity index (χ0n) is 13.2. The van der Waals surface area contributed by atoms with Crippen molar-refractivity contribution >= 4 is 34.0 Å². The van der Waals surface area contributed by atoms with E-state index < -0.39 is 5.91 Å².